The van der Waals surface area contributed by atoms with Crippen LogP contribution in [0.1, 0.15) is 226 Å². The monoisotopic (exact) mass is 771 g/mol. The Kier molecular flexibility index (Phi) is 42.0. The lowest BCUT2D eigenvalue weighted by Crippen LogP contribution is -2.30. The van der Waals surface area contributed by atoms with Gasteiger partial charge in [-0.3, -0.25) is 14.4 Å². The molecule has 0 aromatic heterocycles. The molecule has 0 saturated heterocycles. The summed E-state index contributed by atoms with van der Waals surface area (Å²) in [5, 5.41) is 0. The van der Waals surface area contributed by atoms with Crippen molar-refractivity contribution < 1.29 is 28.6 Å². The molecule has 1 unspecified atom stereocenters. The van der Waals surface area contributed by atoms with E-state index in [0.29, 0.717) is 19.3 Å². The Balaban J connectivity index is 4.42. The summed E-state index contributed by atoms with van der Waals surface area (Å²) in [6.07, 6.45) is 51.0. The lowest BCUT2D eigenvalue weighted by atomic mass is 10.1. The summed E-state index contributed by atoms with van der Waals surface area (Å²) in [6, 6.07) is 0. The van der Waals surface area contributed by atoms with Gasteiger partial charge in [-0.1, -0.05) is 198 Å². The summed E-state index contributed by atoms with van der Waals surface area (Å²) in [5.74, 6) is -0.948. The van der Waals surface area contributed by atoms with E-state index < -0.39 is 6.10 Å². The quantitative estimate of drug-likeness (QED) is 0.0267. The summed E-state index contributed by atoms with van der Waals surface area (Å²) in [6.45, 7) is 6.53. The van der Waals surface area contributed by atoms with Crippen molar-refractivity contribution >= 4 is 17.9 Å². The Morgan fingerprint density at radius 2 is 0.673 bits per heavy atom. The lowest BCUT2D eigenvalue weighted by Gasteiger charge is -2.18. The molecule has 0 aliphatic rings. The fourth-order valence-corrected chi connectivity index (χ4v) is 6.32. The van der Waals surface area contributed by atoms with Crippen molar-refractivity contribution in [2.45, 2.75) is 232 Å². The first-order chi connectivity index (χ1) is 27.0. The van der Waals surface area contributed by atoms with Gasteiger partial charge in [0.15, 0.2) is 6.10 Å². The molecule has 0 rings (SSSR count). The van der Waals surface area contributed by atoms with Crippen molar-refractivity contribution in [1.29, 1.82) is 0 Å². The minimum Gasteiger partial charge on any atom is -0.462 e. The molecule has 6 nitrogen and oxygen atoms in total. The molecule has 0 spiro atoms. The summed E-state index contributed by atoms with van der Waals surface area (Å²) >= 11 is 0. The average Bonchev–Trinajstić information content (AvgIpc) is 3.18. The molecule has 6 heteroatoms. The van der Waals surface area contributed by atoms with Crippen molar-refractivity contribution in [3.05, 3.63) is 48.6 Å². The van der Waals surface area contributed by atoms with Gasteiger partial charge in [-0.2, -0.15) is 0 Å². The summed E-state index contributed by atoms with van der Waals surface area (Å²) < 4.78 is 16.6. The Bertz CT molecular complexity index is 980. The van der Waals surface area contributed by atoms with Crippen molar-refractivity contribution in [3.8, 4) is 0 Å². The van der Waals surface area contributed by atoms with E-state index in [0.717, 1.165) is 64.2 Å². The summed E-state index contributed by atoms with van der Waals surface area (Å²) in [5.41, 5.74) is 0. The van der Waals surface area contributed by atoms with E-state index in [2.05, 4.69) is 69.4 Å². The Morgan fingerprint density at radius 3 is 1.09 bits per heavy atom. The highest BCUT2D eigenvalue weighted by atomic mass is 16.6. The smallest absolute Gasteiger partial charge is 0.306 e. The largest absolute Gasteiger partial charge is 0.462 e. The minimum absolute atomic E-state index is 0.0874. The van der Waals surface area contributed by atoms with Crippen molar-refractivity contribution in [2.24, 2.45) is 0 Å². The molecule has 0 heterocycles. The van der Waals surface area contributed by atoms with Crippen LogP contribution in [0, 0.1) is 0 Å². The fourth-order valence-electron chi connectivity index (χ4n) is 6.32. The standard InChI is InChI=1S/C49H86O6/c1-4-7-10-13-16-19-22-23-24-25-26-27-28-31-33-36-39-42-48(51)54-45-46(55-49(52)43-40-37-34-30-21-18-15-12-9-6-3)44-53-47(50)41-38-35-32-29-20-17-14-11-8-5-2/h16,19,23-24,26-27,31,33,46H,4-15,17-18,20-22,25,28-30,32,34-45H2,1-3H3/b19-16-,24-23-,27-26-,33-31-. The maximum Gasteiger partial charge on any atom is 0.306 e. The predicted molar refractivity (Wildman–Crippen MR) is 233 cm³/mol. The van der Waals surface area contributed by atoms with Gasteiger partial charge in [0.2, 0.25) is 0 Å². The maximum atomic E-state index is 12.7. The van der Waals surface area contributed by atoms with Gasteiger partial charge in [0.1, 0.15) is 13.2 Å². The number of allylic oxidation sites excluding steroid dienone is 8. The van der Waals surface area contributed by atoms with Crippen LogP contribution in [0.15, 0.2) is 48.6 Å². The van der Waals surface area contributed by atoms with E-state index >= 15 is 0 Å². The number of carbonyl (C=O) groups excluding carboxylic acids is 3. The van der Waals surface area contributed by atoms with Crippen LogP contribution >= 0.6 is 0 Å². The van der Waals surface area contributed by atoms with Gasteiger partial charge in [-0.25, -0.2) is 0 Å². The molecule has 1 atom stereocenters. The van der Waals surface area contributed by atoms with Gasteiger partial charge >= 0.3 is 17.9 Å². The van der Waals surface area contributed by atoms with E-state index in [4.69, 9.17) is 14.2 Å². The normalized spacial score (nSPS) is 12.4. The topological polar surface area (TPSA) is 78.9 Å². The van der Waals surface area contributed by atoms with Gasteiger partial charge in [0.25, 0.3) is 0 Å². The highest BCUT2D eigenvalue weighted by Gasteiger charge is 2.19. The highest BCUT2D eigenvalue weighted by Crippen LogP contribution is 2.14. The molecule has 0 radical (unpaired) electrons. The zero-order valence-corrected chi connectivity index (χ0v) is 36.2. The van der Waals surface area contributed by atoms with Crippen molar-refractivity contribution in [3.63, 3.8) is 0 Å². The number of hydrogen-bond acceptors (Lipinski definition) is 6. The van der Waals surface area contributed by atoms with E-state index in [1.807, 2.05) is 0 Å². The van der Waals surface area contributed by atoms with Crippen LogP contribution in [-0.2, 0) is 28.6 Å². The zero-order chi connectivity index (χ0) is 40.1. The van der Waals surface area contributed by atoms with Gasteiger partial charge in [-0.15, -0.1) is 0 Å². The van der Waals surface area contributed by atoms with E-state index in [-0.39, 0.29) is 37.5 Å². The molecule has 0 aliphatic carbocycles. The van der Waals surface area contributed by atoms with Gasteiger partial charge in [0, 0.05) is 19.3 Å². The zero-order valence-electron chi connectivity index (χ0n) is 36.2. The molecule has 0 amide bonds. The maximum absolute atomic E-state index is 12.7. The van der Waals surface area contributed by atoms with Crippen LogP contribution in [0.2, 0.25) is 0 Å². The first-order valence-electron chi connectivity index (χ1n) is 23.1. The predicted octanol–water partition coefficient (Wildman–Crippen LogP) is 14.8. The number of hydrogen-bond donors (Lipinski definition) is 0. The first kappa shape index (κ1) is 52.4. The molecular weight excluding hydrogens is 685 g/mol. The van der Waals surface area contributed by atoms with Crippen LogP contribution in [0.4, 0.5) is 0 Å². The lowest BCUT2D eigenvalue weighted by molar-refractivity contribution is -0.167. The van der Waals surface area contributed by atoms with Gasteiger partial charge < -0.3 is 14.2 Å². The second kappa shape index (κ2) is 44.1. The second-order valence-corrected chi connectivity index (χ2v) is 15.3. The third-order valence-electron chi connectivity index (χ3n) is 9.84. The number of esters is 3. The van der Waals surface area contributed by atoms with Crippen LogP contribution in [0.3, 0.4) is 0 Å². The highest BCUT2D eigenvalue weighted by molar-refractivity contribution is 5.71. The molecular formula is C49H86O6. The Morgan fingerprint density at radius 1 is 0.364 bits per heavy atom. The first-order valence-corrected chi connectivity index (χ1v) is 23.1. The molecule has 0 N–H and O–H groups in total. The van der Waals surface area contributed by atoms with Crippen molar-refractivity contribution in [2.75, 3.05) is 13.2 Å². The van der Waals surface area contributed by atoms with Crippen LogP contribution < -0.4 is 0 Å². The molecule has 0 saturated carbocycles. The molecule has 0 fully saturated rings. The summed E-state index contributed by atoms with van der Waals surface area (Å²) in [4.78, 5) is 37.7. The number of ether oxygens (including phenoxy) is 3. The van der Waals surface area contributed by atoms with Crippen molar-refractivity contribution in [1.82, 2.24) is 0 Å². The molecule has 0 bridgehead atoms. The molecule has 318 valence electrons. The van der Waals surface area contributed by atoms with E-state index in [9.17, 15) is 14.4 Å². The molecule has 0 aromatic rings. The SMILES string of the molecule is CCCCC/C=C\C/C=C\C/C=C\C/C=C\CCCC(=O)OCC(COC(=O)CCCCCCCCCCCC)OC(=O)CCCCCCCCCCCC. The Hall–Kier alpha value is -2.63. The fraction of sp³-hybridized carbons (Fsp3) is 0.776. The van der Waals surface area contributed by atoms with Crippen LogP contribution in [0.25, 0.3) is 0 Å². The van der Waals surface area contributed by atoms with Crippen LogP contribution in [0.5, 0.6) is 0 Å². The number of carbonyl (C=O) groups is 3. The third-order valence-corrected chi connectivity index (χ3v) is 9.84. The van der Waals surface area contributed by atoms with Gasteiger partial charge in [0.05, 0.1) is 0 Å². The van der Waals surface area contributed by atoms with E-state index in [1.165, 1.54) is 116 Å². The number of rotatable bonds is 41. The average molecular weight is 771 g/mol. The molecule has 0 aliphatic heterocycles. The number of unbranched alkanes of at least 4 members (excludes halogenated alkanes) is 22. The molecule has 0 aromatic carbocycles. The second-order valence-electron chi connectivity index (χ2n) is 15.3. The molecule has 55 heavy (non-hydrogen) atoms. The summed E-state index contributed by atoms with van der Waals surface area (Å²) in [7, 11) is 0. The Labute approximate surface area is 339 Å². The van der Waals surface area contributed by atoms with Gasteiger partial charge in [-0.05, 0) is 57.8 Å². The third kappa shape index (κ3) is 42.4. The van der Waals surface area contributed by atoms with Crippen LogP contribution in [-0.4, -0.2) is 37.2 Å². The van der Waals surface area contributed by atoms with E-state index in [1.54, 1.807) is 0 Å². The minimum atomic E-state index is -0.787.